The molecule has 0 radical (unpaired) electrons. The summed E-state index contributed by atoms with van der Waals surface area (Å²) in [7, 11) is 3.80. The molecule has 1 N–H and O–H groups in total. The summed E-state index contributed by atoms with van der Waals surface area (Å²) in [6.45, 7) is 2.69. The highest BCUT2D eigenvalue weighted by Gasteiger charge is 1.82. The summed E-state index contributed by atoms with van der Waals surface area (Å²) in [5, 5.41) is 8.74. The van der Waals surface area contributed by atoms with Gasteiger partial charge in [0.1, 0.15) is 0 Å². The summed E-state index contributed by atoms with van der Waals surface area (Å²) < 4.78 is 0. The van der Waals surface area contributed by atoms with Gasteiger partial charge in [0.2, 0.25) is 0 Å². The molecule has 0 saturated carbocycles. The topological polar surface area (TPSA) is 27.6 Å². The molecule has 0 amide bonds. The second kappa shape index (κ2) is 4.59. The number of hydrogen-bond acceptors (Lipinski definition) is 3. The number of nitrogens with one attached hydrogen (secondary N) is 1. The molecule has 0 aliphatic carbocycles. The number of hydrazone groups is 1. The molecule has 0 spiro atoms. The van der Waals surface area contributed by atoms with Gasteiger partial charge in [0.15, 0.2) is 0 Å². The first-order valence-electron chi connectivity index (χ1n) is 2.65. The van der Waals surface area contributed by atoms with Crippen LogP contribution in [-0.2, 0) is 0 Å². The molecule has 0 saturated heterocycles. The minimum absolute atomic E-state index is 0.796. The van der Waals surface area contributed by atoms with Crippen LogP contribution in [0.3, 0.4) is 0 Å². The standard InChI is InChI=1S/C5H13N3/c1-4-7-8(3)5-6-2/h4,6H,5H2,1-3H3. The minimum Gasteiger partial charge on any atom is -0.302 e. The van der Waals surface area contributed by atoms with Crippen molar-refractivity contribution in [1.29, 1.82) is 0 Å². The molecule has 0 heterocycles. The van der Waals surface area contributed by atoms with Crippen molar-refractivity contribution in [2.75, 3.05) is 20.8 Å². The summed E-state index contributed by atoms with van der Waals surface area (Å²) in [6.07, 6.45) is 1.76. The Labute approximate surface area is 50.4 Å². The minimum atomic E-state index is 0.796. The summed E-state index contributed by atoms with van der Waals surface area (Å²) in [5.74, 6) is 0. The van der Waals surface area contributed by atoms with Gasteiger partial charge in [-0.05, 0) is 14.0 Å². The van der Waals surface area contributed by atoms with Gasteiger partial charge in [-0.3, -0.25) is 5.01 Å². The summed E-state index contributed by atoms with van der Waals surface area (Å²) in [6, 6.07) is 0. The lowest BCUT2D eigenvalue weighted by atomic mass is 10.9. The van der Waals surface area contributed by atoms with E-state index in [1.54, 1.807) is 6.21 Å². The van der Waals surface area contributed by atoms with E-state index in [2.05, 4.69) is 10.4 Å². The molecule has 48 valence electrons. The second-order valence-electron chi connectivity index (χ2n) is 1.54. The fraction of sp³-hybridized carbons (Fsp3) is 0.800. The molecular formula is C5H13N3. The van der Waals surface area contributed by atoms with Crippen LogP contribution < -0.4 is 5.32 Å². The Kier molecular flexibility index (Phi) is 4.26. The zero-order chi connectivity index (χ0) is 6.41. The molecule has 0 aliphatic heterocycles. The van der Waals surface area contributed by atoms with E-state index in [0.717, 1.165) is 6.67 Å². The van der Waals surface area contributed by atoms with E-state index in [-0.39, 0.29) is 0 Å². The first-order valence-corrected chi connectivity index (χ1v) is 2.65. The highest BCUT2D eigenvalue weighted by Crippen LogP contribution is 1.74. The van der Waals surface area contributed by atoms with Gasteiger partial charge in [-0.1, -0.05) is 0 Å². The van der Waals surface area contributed by atoms with Gasteiger partial charge >= 0.3 is 0 Å². The lowest BCUT2D eigenvalue weighted by Gasteiger charge is -2.09. The normalized spacial score (nSPS) is 10.4. The Balaban J connectivity index is 3.17. The van der Waals surface area contributed by atoms with Crippen molar-refractivity contribution in [3.05, 3.63) is 0 Å². The second-order valence-corrected chi connectivity index (χ2v) is 1.54. The van der Waals surface area contributed by atoms with Crippen molar-refractivity contribution in [3.8, 4) is 0 Å². The van der Waals surface area contributed by atoms with Crippen LogP contribution in [0.2, 0.25) is 0 Å². The van der Waals surface area contributed by atoms with Crippen LogP contribution in [0, 0.1) is 0 Å². The fourth-order valence-electron chi connectivity index (χ4n) is 0.467. The number of rotatable bonds is 3. The number of nitrogens with zero attached hydrogens (tertiary/aromatic N) is 2. The predicted octanol–water partition coefficient (Wildman–Crippen LogP) is 0.101. The van der Waals surface area contributed by atoms with Crippen molar-refractivity contribution in [3.63, 3.8) is 0 Å². The van der Waals surface area contributed by atoms with E-state index >= 15 is 0 Å². The van der Waals surface area contributed by atoms with Gasteiger partial charge in [0.25, 0.3) is 0 Å². The summed E-state index contributed by atoms with van der Waals surface area (Å²) >= 11 is 0. The third-order valence-electron chi connectivity index (χ3n) is 0.700. The zero-order valence-corrected chi connectivity index (χ0v) is 5.68. The lowest BCUT2D eigenvalue weighted by Crippen LogP contribution is -2.23. The van der Waals surface area contributed by atoms with Crippen LogP contribution in [0.1, 0.15) is 6.92 Å². The molecule has 3 nitrogen and oxygen atoms in total. The van der Waals surface area contributed by atoms with E-state index in [0.29, 0.717) is 0 Å². The maximum atomic E-state index is 3.96. The van der Waals surface area contributed by atoms with Crippen LogP contribution in [-0.4, -0.2) is 32.0 Å². The van der Waals surface area contributed by atoms with E-state index in [1.165, 1.54) is 0 Å². The SMILES string of the molecule is CC=NN(C)CNC. The Hall–Kier alpha value is -0.570. The lowest BCUT2D eigenvalue weighted by molar-refractivity contribution is 0.336. The maximum Gasteiger partial charge on any atom is 0.0848 e. The van der Waals surface area contributed by atoms with Crippen LogP contribution in [0.25, 0.3) is 0 Å². The first-order chi connectivity index (χ1) is 3.81. The van der Waals surface area contributed by atoms with Crippen molar-refractivity contribution in [2.24, 2.45) is 5.10 Å². The smallest absolute Gasteiger partial charge is 0.0848 e. The van der Waals surface area contributed by atoms with Gasteiger partial charge in [-0.15, -0.1) is 0 Å². The monoisotopic (exact) mass is 115 g/mol. The molecule has 0 aliphatic rings. The van der Waals surface area contributed by atoms with Crippen LogP contribution in [0.4, 0.5) is 0 Å². The molecule has 0 atom stereocenters. The third-order valence-corrected chi connectivity index (χ3v) is 0.700. The van der Waals surface area contributed by atoms with E-state index in [1.807, 2.05) is 26.0 Å². The molecule has 0 aromatic carbocycles. The van der Waals surface area contributed by atoms with E-state index in [9.17, 15) is 0 Å². The number of hydrogen-bond donors (Lipinski definition) is 1. The molecule has 0 aromatic heterocycles. The van der Waals surface area contributed by atoms with Crippen LogP contribution in [0.5, 0.6) is 0 Å². The third kappa shape index (κ3) is 3.61. The Bertz CT molecular complexity index is 70.1. The van der Waals surface area contributed by atoms with Gasteiger partial charge < -0.3 is 5.32 Å². The quantitative estimate of drug-likeness (QED) is 0.321. The fourth-order valence-corrected chi connectivity index (χ4v) is 0.467. The molecule has 0 rings (SSSR count). The molecular weight excluding hydrogens is 102 g/mol. The van der Waals surface area contributed by atoms with Crippen LogP contribution >= 0.6 is 0 Å². The molecule has 0 unspecified atom stereocenters. The van der Waals surface area contributed by atoms with Crippen molar-refractivity contribution < 1.29 is 0 Å². The largest absolute Gasteiger partial charge is 0.302 e. The zero-order valence-electron chi connectivity index (χ0n) is 5.68. The molecule has 0 fully saturated rings. The van der Waals surface area contributed by atoms with Gasteiger partial charge in [0.05, 0.1) is 6.67 Å². The van der Waals surface area contributed by atoms with E-state index < -0.39 is 0 Å². The maximum absolute atomic E-state index is 3.96. The van der Waals surface area contributed by atoms with Gasteiger partial charge in [0, 0.05) is 13.3 Å². The van der Waals surface area contributed by atoms with Gasteiger partial charge in [-0.2, -0.15) is 5.10 Å². The summed E-state index contributed by atoms with van der Waals surface area (Å²) in [5.41, 5.74) is 0. The van der Waals surface area contributed by atoms with Gasteiger partial charge in [-0.25, -0.2) is 0 Å². The molecule has 0 aromatic rings. The van der Waals surface area contributed by atoms with E-state index in [4.69, 9.17) is 0 Å². The van der Waals surface area contributed by atoms with Crippen molar-refractivity contribution >= 4 is 6.21 Å². The average Bonchev–Trinajstić information content (AvgIpc) is 1.68. The first kappa shape index (κ1) is 7.43. The highest BCUT2D eigenvalue weighted by atomic mass is 15.5. The Morgan fingerprint density at radius 2 is 2.38 bits per heavy atom. The van der Waals surface area contributed by atoms with Crippen molar-refractivity contribution in [2.45, 2.75) is 6.92 Å². The Morgan fingerprint density at radius 1 is 1.75 bits per heavy atom. The molecule has 3 heteroatoms. The van der Waals surface area contributed by atoms with Crippen molar-refractivity contribution in [1.82, 2.24) is 10.3 Å². The Morgan fingerprint density at radius 3 is 2.75 bits per heavy atom. The average molecular weight is 115 g/mol. The molecule has 8 heavy (non-hydrogen) atoms. The highest BCUT2D eigenvalue weighted by molar-refractivity contribution is 5.52. The molecule has 0 bridgehead atoms. The predicted molar refractivity (Wildman–Crippen MR) is 35.9 cm³/mol. The summed E-state index contributed by atoms with van der Waals surface area (Å²) in [4.78, 5) is 0. The van der Waals surface area contributed by atoms with Crippen LogP contribution in [0.15, 0.2) is 5.10 Å².